The summed E-state index contributed by atoms with van der Waals surface area (Å²) in [5.41, 5.74) is 4.30. The lowest BCUT2D eigenvalue weighted by Gasteiger charge is -2.11. The molecule has 0 spiro atoms. The minimum Gasteiger partial charge on any atom is -0.143 e. The van der Waals surface area contributed by atoms with Crippen LogP contribution in [0.2, 0.25) is 0 Å². The Labute approximate surface area is 170 Å². The van der Waals surface area contributed by atoms with Crippen LogP contribution in [-0.2, 0) is 0 Å². The number of hydrogen-bond donors (Lipinski definition) is 0. The molecule has 4 heterocycles. The standard InChI is InChI=1S/C22H20S4/c1-11-5-7-23-19(11)17-9-15-13(3)22-16(14(4)21(15)25-17)10-18(26-22)20-12(2)6-8-24-20/h5-11,19H,1-4H3. The van der Waals surface area contributed by atoms with Crippen molar-refractivity contribution < 1.29 is 0 Å². The molecule has 0 N–H and O–H groups in total. The second-order valence-electron chi connectivity index (χ2n) is 7.17. The molecule has 1 aliphatic heterocycles. The van der Waals surface area contributed by atoms with Crippen LogP contribution < -0.4 is 0 Å². The van der Waals surface area contributed by atoms with Crippen LogP contribution in [0, 0.1) is 26.7 Å². The van der Waals surface area contributed by atoms with E-state index in [4.69, 9.17) is 0 Å². The zero-order chi connectivity index (χ0) is 18.0. The molecule has 2 atom stereocenters. The molecular formula is C22H20S4. The number of hydrogen-bond acceptors (Lipinski definition) is 4. The predicted molar refractivity (Wildman–Crippen MR) is 123 cm³/mol. The molecule has 0 fully saturated rings. The molecule has 5 rings (SSSR count). The average Bonchev–Trinajstić information content (AvgIpc) is 3.37. The number of allylic oxidation sites excluding steroid dienone is 1. The Bertz CT molecular complexity index is 1110. The van der Waals surface area contributed by atoms with Gasteiger partial charge < -0.3 is 0 Å². The number of thioether (sulfide) groups is 1. The molecule has 0 radical (unpaired) electrons. The second-order valence-corrected chi connectivity index (χ2v) is 11.3. The molecule has 0 nitrogen and oxygen atoms in total. The van der Waals surface area contributed by atoms with Gasteiger partial charge in [0.25, 0.3) is 0 Å². The SMILES string of the molecule is Cc1ccsc1-c1cc2c(C)c3sc(C4SC=CC4C)cc3c(C)c2s1. The number of aryl methyl sites for hydroxylation is 3. The summed E-state index contributed by atoms with van der Waals surface area (Å²) in [4.78, 5) is 4.37. The van der Waals surface area contributed by atoms with Gasteiger partial charge in [0.1, 0.15) is 0 Å². The van der Waals surface area contributed by atoms with E-state index in [0.29, 0.717) is 11.2 Å². The molecule has 3 aromatic heterocycles. The van der Waals surface area contributed by atoms with Crippen molar-refractivity contribution in [2.45, 2.75) is 32.9 Å². The highest BCUT2D eigenvalue weighted by atomic mass is 32.2. The third kappa shape index (κ3) is 2.46. The molecule has 4 heteroatoms. The van der Waals surface area contributed by atoms with Crippen LogP contribution in [0.5, 0.6) is 0 Å². The summed E-state index contributed by atoms with van der Waals surface area (Å²) in [6, 6.07) is 7.12. The molecule has 0 saturated heterocycles. The van der Waals surface area contributed by atoms with E-state index in [1.807, 2.05) is 45.8 Å². The summed E-state index contributed by atoms with van der Waals surface area (Å²) in [6.07, 6.45) is 2.34. The lowest BCUT2D eigenvalue weighted by atomic mass is 10.0. The Morgan fingerprint density at radius 2 is 1.65 bits per heavy atom. The molecule has 0 bridgehead atoms. The quantitative estimate of drug-likeness (QED) is 0.317. The first-order valence-corrected chi connectivity index (χ1v) is 12.3. The molecule has 26 heavy (non-hydrogen) atoms. The Morgan fingerprint density at radius 3 is 2.31 bits per heavy atom. The topological polar surface area (TPSA) is 0 Å². The minimum atomic E-state index is 0.591. The third-order valence-electron chi connectivity index (χ3n) is 5.42. The minimum absolute atomic E-state index is 0.591. The van der Waals surface area contributed by atoms with E-state index < -0.39 is 0 Å². The van der Waals surface area contributed by atoms with Gasteiger partial charge in [-0.2, -0.15) is 0 Å². The molecule has 0 aliphatic carbocycles. The van der Waals surface area contributed by atoms with Crippen molar-refractivity contribution in [1.29, 1.82) is 0 Å². The van der Waals surface area contributed by atoms with Gasteiger partial charge in [0.15, 0.2) is 0 Å². The van der Waals surface area contributed by atoms with Crippen LogP contribution in [0.4, 0.5) is 0 Å². The fourth-order valence-corrected chi connectivity index (χ4v) is 8.87. The van der Waals surface area contributed by atoms with E-state index in [2.05, 4.69) is 62.8 Å². The van der Waals surface area contributed by atoms with Gasteiger partial charge in [0, 0.05) is 29.3 Å². The summed E-state index contributed by atoms with van der Waals surface area (Å²) in [5, 5.41) is 7.97. The monoisotopic (exact) mass is 412 g/mol. The maximum atomic E-state index is 2.47. The Kier molecular flexibility index (Phi) is 4.09. The Balaban J connectivity index is 1.72. The summed E-state index contributed by atoms with van der Waals surface area (Å²) in [5.74, 6) is 0.628. The number of rotatable bonds is 2. The molecule has 1 aliphatic rings. The number of thiophene rings is 3. The highest BCUT2D eigenvalue weighted by molar-refractivity contribution is 8.02. The molecule has 132 valence electrons. The highest BCUT2D eigenvalue weighted by Crippen LogP contribution is 2.50. The van der Waals surface area contributed by atoms with Crippen molar-refractivity contribution in [3.63, 3.8) is 0 Å². The zero-order valence-electron chi connectivity index (χ0n) is 15.3. The molecule has 0 saturated carbocycles. The molecule has 2 unspecified atom stereocenters. The average molecular weight is 413 g/mol. The summed E-state index contributed by atoms with van der Waals surface area (Å²) >= 11 is 7.81. The van der Waals surface area contributed by atoms with E-state index in [0.717, 1.165) is 0 Å². The molecular weight excluding hydrogens is 393 g/mol. The van der Waals surface area contributed by atoms with Crippen molar-refractivity contribution in [3.8, 4) is 9.75 Å². The normalized spacial score (nSPS) is 20.0. The van der Waals surface area contributed by atoms with Crippen molar-refractivity contribution in [2.24, 2.45) is 5.92 Å². The van der Waals surface area contributed by atoms with E-state index >= 15 is 0 Å². The fraction of sp³-hybridized carbons (Fsp3) is 0.273. The first-order valence-electron chi connectivity index (χ1n) is 8.87. The third-order valence-corrected chi connectivity index (χ3v) is 10.7. The molecule has 4 aromatic rings. The highest BCUT2D eigenvalue weighted by Gasteiger charge is 2.25. The number of fused-ring (bicyclic) bond motifs is 2. The Morgan fingerprint density at radius 1 is 0.923 bits per heavy atom. The molecule has 1 aromatic carbocycles. The Hall–Kier alpha value is -1.07. The number of benzene rings is 1. The van der Waals surface area contributed by atoms with Crippen LogP contribution in [0.25, 0.3) is 29.9 Å². The summed E-state index contributed by atoms with van der Waals surface area (Å²) < 4.78 is 2.95. The van der Waals surface area contributed by atoms with Crippen LogP contribution in [-0.4, -0.2) is 0 Å². The van der Waals surface area contributed by atoms with Crippen molar-refractivity contribution in [1.82, 2.24) is 0 Å². The van der Waals surface area contributed by atoms with Crippen LogP contribution in [0.3, 0.4) is 0 Å². The van der Waals surface area contributed by atoms with Crippen molar-refractivity contribution in [3.05, 3.63) is 56.6 Å². The first kappa shape index (κ1) is 17.1. The largest absolute Gasteiger partial charge is 0.143 e. The van der Waals surface area contributed by atoms with Gasteiger partial charge in [-0.25, -0.2) is 0 Å². The van der Waals surface area contributed by atoms with Crippen LogP contribution in [0.1, 0.15) is 33.7 Å². The lowest BCUT2D eigenvalue weighted by molar-refractivity contribution is 0.729. The van der Waals surface area contributed by atoms with Gasteiger partial charge in [-0.05, 0) is 83.1 Å². The predicted octanol–water partition coefficient (Wildman–Crippen LogP) is 8.71. The van der Waals surface area contributed by atoms with E-state index in [9.17, 15) is 0 Å². The van der Waals surface area contributed by atoms with Crippen molar-refractivity contribution >= 4 is 65.9 Å². The van der Waals surface area contributed by atoms with Crippen LogP contribution in [0.15, 0.2) is 35.1 Å². The van der Waals surface area contributed by atoms with Gasteiger partial charge in [0.2, 0.25) is 0 Å². The van der Waals surface area contributed by atoms with E-state index in [1.54, 1.807) is 0 Å². The summed E-state index contributed by atoms with van der Waals surface area (Å²) in [6.45, 7) is 9.17. The van der Waals surface area contributed by atoms with Gasteiger partial charge in [-0.3, -0.25) is 0 Å². The van der Waals surface area contributed by atoms with E-state index in [1.165, 1.54) is 51.5 Å². The maximum Gasteiger partial charge on any atom is 0.0493 e. The van der Waals surface area contributed by atoms with Gasteiger partial charge in [-0.1, -0.05) is 13.0 Å². The second kappa shape index (κ2) is 6.23. The van der Waals surface area contributed by atoms with Crippen molar-refractivity contribution in [2.75, 3.05) is 0 Å². The van der Waals surface area contributed by atoms with Gasteiger partial charge >= 0.3 is 0 Å². The smallest absolute Gasteiger partial charge is 0.0493 e. The zero-order valence-corrected chi connectivity index (χ0v) is 18.5. The van der Waals surface area contributed by atoms with Gasteiger partial charge in [-0.15, -0.1) is 45.8 Å². The van der Waals surface area contributed by atoms with E-state index in [-0.39, 0.29) is 0 Å². The first-order chi connectivity index (χ1) is 12.5. The van der Waals surface area contributed by atoms with Crippen LogP contribution >= 0.6 is 45.8 Å². The maximum absolute atomic E-state index is 2.47. The molecule has 0 amide bonds. The fourth-order valence-electron chi connectivity index (χ4n) is 3.84. The summed E-state index contributed by atoms with van der Waals surface area (Å²) in [7, 11) is 0. The lowest BCUT2D eigenvalue weighted by Crippen LogP contribution is -1.95. The van der Waals surface area contributed by atoms with Gasteiger partial charge in [0.05, 0.1) is 0 Å².